The molecule has 2 aromatic heterocycles. The van der Waals surface area contributed by atoms with E-state index in [4.69, 9.17) is 4.74 Å². The van der Waals surface area contributed by atoms with Gasteiger partial charge in [-0.25, -0.2) is 9.78 Å². The summed E-state index contributed by atoms with van der Waals surface area (Å²) in [6.45, 7) is 8.61. The zero-order chi connectivity index (χ0) is 18.7. The maximum atomic E-state index is 12.8. The molecule has 0 unspecified atom stereocenters. The van der Waals surface area contributed by atoms with Gasteiger partial charge < -0.3 is 18.9 Å². The predicted octanol–water partition coefficient (Wildman–Crippen LogP) is 2.58. The molecule has 1 aliphatic heterocycles. The molecule has 2 amide bonds. The minimum atomic E-state index is -0.295. The minimum Gasteiger partial charge on any atom is -0.449 e. The number of carbonyl (C=O) groups is 2. The van der Waals surface area contributed by atoms with Gasteiger partial charge >= 0.3 is 6.09 Å². The summed E-state index contributed by atoms with van der Waals surface area (Å²) in [6, 6.07) is 3.93. The number of nitrogens with zero attached hydrogens (tertiary/aromatic N) is 4. The van der Waals surface area contributed by atoms with E-state index in [-0.39, 0.29) is 12.0 Å². The van der Waals surface area contributed by atoms with Crippen molar-refractivity contribution in [3.63, 3.8) is 0 Å². The highest BCUT2D eigenvalue weighted by atomic mass is 16.6. The fourth-order valence-electron chi connectivity index (χ4n) is 2.98. The Labute approximate surface area is 153 Å². The topological polar surface area (TPSA) is 67.2 Å². The molecule has 0 aliphatic carbocycles. The van der Waals surface area contributed by atoms with Crippen LogP contribution in [0.3, 0.4) is 0 Å². The Bertz CT molecular complexity index is 799. The maximum Gasteiger partial charge on any atom is 0.409 e. The average Bonchev–Trinajstić information content (AvgIpc) is 2.86. The van der Waals surface area contributed by atoms with Crippen LogP contribution in [0.5, 0.6) is 0 Å². The minimum absolute atomic E-state index is 0.0937. The van der Waals surface area contributed by atoms with Crippen molar-refractivity contribution in [2.24, 2.45) is 5.92 Å². The molecule has 1 aliphatic rings. The summed E-state index contributed by atoms with van der Waals surface area (Å²) in [5.41, 5.74) is 2.31. The van der Waals surface area contributed by atoms with E-state index < -0.39 is 0 Å². The van der Waals surface area contributed by atoms with E-state index in [9.17, 15) is 9.59 Å². The van der Waals surface area contributed by atoms with Gasteiger partial charge in [0.1, 0.15) is 11.3 Å². The number of aromatic nitrogens is 2. The number of fused-ring (bicyclic) bond motifs is 1. The third-order valence-corrected chi connectivity index (χ3v) is 4.42. The van der Waals surface area contributed by atoms with Crippen molar-refractivity contribution in [1.29, 1.82) is 0 Å². The maximum absolute atomic E-state index is 12.8. The van der Waals surface area contributed by atoms with Crippen molar-refractivity contribution < 1.29 is 14.3 Å². The molecule has 0 spiro atoms. The molecule has 140 valence electrons. The molecular weight excluding hydrogens is 332 g/mol. The van der Waals surface area contributed by atoms with Crippen LogP contribution in [-0.4, -0.2) is 64.0 Å². The van der Waals surface area contributed by atoms with Gasteiger partial charge in [-0.2, -0.15) is 0 Å². The van der Waals surface area contributed by atoms with Crippen molar-refractivity contribution in [2.45, 2.75) is 27.2 Å². The van der Waals surface area contributed by atoms with Gasteiger partial charge in [0.2, 0.25) is 0 Å². The van der Waals surface area contributed by atoms with Crippen molar-refractivity contribution in [2.75, 3.05) is 32.8 Å². The number of ether oxygens (including phenoxy) is 1. The second-order valence-corrected chi connectivity index (χ2v) is 7.20. The van der Waals surface area contributed by atoms with Crippen molar-refractivity contribution in [1.82, 2.24) is 19.2 Å². The number of rotatable bonds is 3. The first-order valence-electron chi connectivity index (χ1n) is 9.10. The zero-order valence-corrected chi connectivity index (χ0v) is 15.6. The number of hydrogen-bond acceptors (Lipinski definition) is 4. The quantitative estimate of drug-likeness (QED) is 0.846. The standard InChI is InChI=1S/C19H26N4O3/c1-14(2)13-26-19(25)22-7-4-6-21(9-10-22)18(24)16-12-23-8-5-15(3)11-17(23)20-16/h5,8,11-12,14H,4,6-7,9-10,13H2,1-3H3. The van der Waals surface area contributed by atoms with Crippen LogP contribution in [0.15, 0.2) is 24.5 Å². The summed E-state index contributed by atoms with van der Waals surface area (Å²) >= 11 is 0. The van der Waals surface area contributed by atoms with Gasteiger partial charge in [-0.05, 0) is 37.0 Å². The van der Waals surface area contributed by atoms with E-state index in [0.29, 0.717) is 44.4 Å². The van der Waals surface area contributed by atoms with E-state index in [0.717, 1.165) is 17.6 Å². The number of aryl methyl sites for hydroxylation is 1. The van der Waals surface area contributed by atoms with Crippen LogP contribution in [0.1, 0.15) is 36.3 Å². The van der Waals surface area contributed by atoms with Crippen molar-refractivity contribution >= 4 is 17.6 Å². The second kappa shape index (κ2) is 7.76. The lowest BCUT2D eigenvalue weighted by atomic mass is 10.2. The molecule has 26 heavy (non-hydrogen) atoms. The number of hydrogen-bond donors (Lipinski definition) is 0. The van der Waals surface area contributed by atoms with Crippen LogP contribution >= 0.6 is 0 Å². The lowest BCUT2D eigenvalue weighted by Crippen LogP contribution is -2.38. The lowest BCUT2D eigenvalue weighted by Gasteiger charge is -2.21. The van der Waals surface area contributed by atoms with Gasteiger partial charge in [0.25, 0.3) is 5.91 Å². The predicted molar refractivity (Wildman–Crippen MR) is 98.2 cm³/mol. The Balaban J connectivity index is 1.64. The van der Waals surface area contributed by atoms with Gasteiger partial charge in [-0.15, -0.1) is 0 Å². The normalized spacial score (nSPS) is 15.4. The van der Waals surface area contributed by atoms with Crippen molar-refractivity contribution in [3.05, 3.63) is 35.8 Å². The molecule has 1 saturated heterocycles. The van der Waals surface area contributed by atoms with Crippen LogP contribution in [0, 0.1) is 12.8 Å². The average molecular weight is 358 g/mol. The highest BCUT2D eigenvalue weighted by Crippen LogP contribution is 2.12. The molecule has 0 radical (unpaired) electrons. The molecule has 1 fully saturated rings. The Kier molecular flexibility index (Phi) is 5.44. The molecule has 7 heteroatoms. The smallest absolute Gasteiger partial charge is 0.409 e. The van der Waals surface area contributed by atoms with Gasteiger partial charge in [-0.1, -0.05) is 13.8 Å². The lowest BCUT2D eigenvalue weighted by molar-refractivity contribution is 0.0741. The first kappa shape index (κ1) is 18.2. The molecule has 0 atom stereocenters. The highest BCUT2D eigenvalue weighted by molar-refractivity contribution is 5.93. The molecule has 0 bridgehead atoms. The van der Waals surface area contributed by atoms with E-state index in [1.165, 1.54) is 0 Å². The summed E-state index contributed by atoms with van der Waals surface area (Å²) in [6.07, 6.45) is 4.10. The largest absolute Gasteiger partial charge is 0.449 e. The SMILES string of the molecule is Cc1ccn2cc(C(=O)N3CCCN(C(=O)OCC(C)C)CC3)nc2c1. The summed E-state index contributed by atoms with van der Waals surface area (Å²) in [5.74, 6) is 0.214. The molecule has 0 saturated carbocycles. The molecule has 3 heterocycles. The Hall–Kier alpha value is -2.57. The van der Waals surface area contributed by atoms with Gasteiger partial charge in [0.15, 0.2) is 0 Å². The Morgan fingerprint density at radius 2 is 1.92 bits per heavy atom. The number of imidazole rings is 1. The number of carbonyl (C=O) groups excluding carboxylic acids is 2. The third-order valence-electron chi connectivity index (χ3n) is 4.42. The highest BCUT2D eigenvalue weighted by Gasteiger charge is 2.25. The monoisotopic (exact) mass is 358 g/mol. The zero-order valence-electron chi connectivity index (χ0n) is 15.6. The second-order valence-electron chi connectivity index (χ2n) is 7.20. The van der Waals surface area contributed by atoms with Crippen molar-refractivity contribution in [3.8, 4) is 0 Å². The van der Waals surface area contributed by atoms with Crippen LogP contribution < -0.4 is 0 Å². The van der Waals surface area contributed by atoms with Gasteiger partial charge in [-0.3, -0.25) is 4.79 Å². The summed E-state index contributed by atoms with van der Waals surface area (Å²) in [5, 5.41) is 0. The molecule has 0 aromatic carbocycles. The molecule has 0 N–H and O–H groups in total. The van der Waals surface area contributed by atoms with E-state index in [1.807, 2.05) is 43.5 Å². The number of amides is 2. The van der Waals surface area contributed by atoms with E-state index in [1.54, 1.807) is 16.0 Å². The third kappa shape index (κ3) is 4.15. The van der Waals surface area contributed by atoms with Crippen LogP contribution in [0.25, 0.3) is 5.65 Å². The molecular formula is C19H26N4O3. The van der Waals surface area contributed by atoms with Crippen LogP contribution in [-0.2, 0) is 4.74 Å². The van der Waals surface area contributed by atoms with E-state index in [2.05, 4.69) is 4.98 Å². The number of pyridine rings is 1. The van der Waals surface area contributed by atoms with Gasteiger partial charge in [0.05, 0.1) is 6.61 Å². The fourth-order valence-corrected chi connectivity index (χ4v) is 2.98. The fraction of sp³-hybridized carbons (Fsp3) is 0.526. The van der Waals surface area contributed by atoms with Crippen LogP contribution in [0.2, 0.25) is 0 Å². The first-order chi connectivity index (χ1) is 12.4. The van der Waals surface area contributed by atoms with Crippen LogP contribution in [0.4, 0.5) is 4.79 Å². The summed E-state index contributed by atoms with van der Waals surface area (Å²) < 4.78 is 7.15. The Morgan fingerprint density at radius 3 is 2.69 bits per heavy atom. The van der Waals surface area contributed by atoms with Gasteiger partial charge in [0, 0.05) is 38.6 Å². The molecule has 7 nitrogen and oxygen atoms in total. The summed E-state index contributed by atoms with van der Waals surface area (Å²) in [7, 11) is 0. The first-order valence-corrected chi connectivity index (χ1v) is 9.10. The summed E-state index contributed by atoms with van der Waals surface area (Å²) in [4.78, 5) is 32.8. The Morgan fingerprint density at radius 1 is 1.19 bits per heavy atom. The molecule has 3 rings (SSSR count). The van der Waals surface area contributed by atoms with E-state index >= 15 is 0 Å². The molecule has 2 aromatic rings.